The normalized spacial score (nSPS) is 15.8. The Morgan fingerprint density at radius 1 is 0.900 bits per heavy atom. The lowest BCUT2D eigenvalue weighted by molar-refractivity contribution is -0.145. The number of rotatable bonds is 14. The van der Waals surface area contributed by atoms with Crippen LogP contribution in [0.1, 0.15) is 39.5 Å². The summed E-state index contributed by atoms with van der Waals surface area (Å²) in [5.41, 5.74) is 11.1. The van der Waals surface area contributed by atoms with Gasteiger partial charge in [0.15, 0.2) is 6.04 Å². The highest BCUT2D eigenvalue weighted by molar-refractivity contribution is 5.95. The Kier molecular flexibility index (Phi) is 12.2. The molecule has 13 heteroatoms. The van der Waals surface area contributed by atoms with Gasteiger partial charge in [0.05, 0.1) is 18.6 Å². The van der Waals surface area contributed by atoms with Gasteiger partial charge in [-0.25, -0.2) is 4.79 Å². The molecule has 0 saturated heterocycles. The number of carbonyl (C=O) groups excluding carboxylic acids is 3. The molecule has 0 aliphatic rings. The van der Waals surface area contributed by atoms with Crippen LogP contribution in [0.15, 0.2) is 0 Å². The van der Waals surface area contributed by atoms with Gasteiger partial charge in [-0.15, -0.1) is 0 Å². The zero-order chi connectivity index (χ0) is 23.4. The Hall–Kier alpha value is -2.77. The monoisotopic (exact) mass is 433 g/mol. The van der Waals surface area contributed by atoms with Crippen LogP contribution in [-0.2, 0) is 24.0 Å². The zero-order valence-corrected chi connectivity index (χ0v) is 17.0. The van der Waals surface area contributed by atoms with Crippen LogP contribution in [0.5, 0.6) is 0 Å². The van der Waals surface area contributed by atoms with E-state index in [1.54, 1.807) is 0 Å². The highest BCUT2D eigenvalue weighted by Gasteiger charge is 2.30. The van der Waals surface area contributed by atoms with Crippen LogP contribution in [0.25, 0.3) is 0 Å². The molecule has 0 aromatic heterocycles. The molecule has 0 aliphatic carbocycles. The molecule has 172 valence electrons. The fraction of sp³-hybridized carbons (Fsp3) is 0.706. The molecule has 13 nitrogen and oxygen atoms in total. The van der Waals surface area contributed by atoms with Gasteiger partial charge in [0, 0.05) is 0 Å². The molecule has 3 amide bonds. The highest BCUT2D eigenvalue weighted by Crippen LogP contribution is 2.02. The molecule has 0 aromatic carbocycles. The van der Waals surface area contributed by atoms with Crippen LogP contribution in [-0.4, -0.2) is 81.8 Å². The summed E-state index contributed by atoms with van der Waals surface area (Å²) in [6.07, 6.45) is -0.636. The zero-order valence-electron chi connectivity index (χ0n) is 17.0. The van der Waals surface area contributed by atoms with Crippen molar-refractivity contribution in [2.45, 2.75) is 69.8 Å². The Balaban J connectivity index is 5.01. The largest absolute Gasteiger partial charge is 0.481 e. The summed E-state index contributed by atoms with van der Waals surface area (Å²) in [6, 6.07) is -5.34. The van der Waals surface area contributed by atoms with Crippen molar-refractivity contribution in [3.05, 3.63) is 0 Å². The van der Waals surface area contributed by atoms with E-state index in [9.17, 15) is 29.1 Å². The minimum atomic E-state index is -1.60. The standard InChI is InChI=1S/C17H31N5O8/c1-8(14(26)22-13(9(2)23)17(29)30)20-16(28)11(7-12(24)25)21-15(27)10(19)5-3-4-6-18/h8-11,13,23H,3-7,18-19H2,1-2H3,(H,20,28)(H,21,27)(H,22,26)(H,24,25)(H,29,30). The number of aliphatic hydroxyl groups excluding tert-OH is 1. The van der Waals surface area contributed by atoms with Crippen LogP contribution in [0, 0.1) is 0 Å². The Bertz CT molecular complexity index is 627. The molecule has 10 N–H and O–H groups in total. The molecule has 0 heterocycles. The van der Waals surface area contributed by atoms with Gasteiger partial charge in [-0.2, -0.15) is 0 Å². The number of aliphatic carboxylic acids is 2. The second-order valence-corrected chi connectivity index (χ2v) is 6.85. The van der Waals surface area contributed by atoms with Crippen LogP contribution in [0.3, 0.4) is 0 Å². The minimum absolute atomic E-state index is 0.291. The molecule has 0 aliphatic heterocycles. The smallest absolute Gasteiger partial charge is 0.328 e. The molecule has 0 aromatic rings. The van der Waals surface area contributed by atoms with Crippen molar-refractivity contribution in [3.63, 3.8) is 0 Å². The number of nitrogens with one attached hydrogen (secondary N) is 3. The maximum Gasteiger partial charge on any atom is 0.328 e. The SMILES string of the molecule is CC(NC(=O)C(CC(=O)O)NC(=O)C(N)CCCCN)C(=O)NC(C(=O)O)C(C)O. The molecule has 5 unspecified atom stereocenters. The van der Waals surface area contributed by atoms with Crippen molar-refractivity contribution in [1.82, 2.24) is 16.0 Å². The first-order chi connectivity index (χ1) is 13.9. The molecule has 30 heavy (non-hydrogen) atoms. The molecule has 0 spiro atoms. The topological polar surface area (TPSA) is 234 Å². The third-order valence-electron chi connectivity index (χ3n) is 4.12. The fourth-order valence-electron chi connectivity index (χ4n) is 2.35. The maximum absolute atomic E-state index is 12.4. The number of hydrogen-bond acceptors (Lipinski definition) is 8. The molecule has 0 bridgehead atoms. The van der Waals surface area contributed by atoms with E-state index in [1.165, 1.54) is 6.92 Å². The molecular weight excluding hydrogens is 402 g/mol. The summed E-state index contributed by atoms with van der Waals surface area (Å²) in [6.45, 7) is 2.82. The number of carboxylic acid groups (broad SMARTS) is 2. The van der Waals surface area contributed by atoms with Crippen molar-refractivity contribution in [1.29, 1.82) is 0 Å². The van der Waals surface area contributed by atoms with Gasteiger partial charge < -0.3 is 42.7 Å². The first-order valence-corrected chi connectivity index (χ1v) is 9.40. The van der Waals surface area contributed by atoms with E-state index >= 15 is 0 Å². The van der Waals surface area contributed by atoms with Gasteiger partial charge in [-0.1, -0.05) is 6.42 Å². The minimum Gasteiger partial charge on any atom is -0.481 e. The average Bonchev–Trinajstić information content (AvgIpc) is 2.64. The van der Waals surface area contributed by atoms with Crippen LogP contribution >= 0.6 is 0 Å². The predicted molar refractivity (Wildman–Crippen MR) is 104 cm³/mol. The van der Waals surface area contributed by atoms with Gasteiger partial charge in [-0.3, -0.25) is 19.2 Å². The summed E-state index contributed by atoms with van der Waals surface area (Å²) in [5.74, 6) is -5.46. The van der Waals surface area contributed by atoms with E-state index in [2.05, 4.69) is 16.0 Å². The summed E-state index contributed by atoms with van der Waals surface area (Å²) >= 11 is 0. The predicted octanol–water partition coefficient (Wildman–Crippen LogP) is -3.14. The first kappa shape index (κ1) is 27.2. The van der Waals surface area contributed by atoms with E-state index in [0.717, 1.165) is 6.92 Å². The average molecular weight is 433 g/mol. The van der Waals surface area contributed by atoms with Crippen molar-refractivity contribution in [2.75, 3.05) is 6.54 Å². The van der Waals surface area contributed by atoms with Crippen LogP contribution < -0.4 is 27.4 Å². The highest BCUT2D eigenvalue weighted by atomic mass is 16.4. The van der Waals surface area contributed by atoms with Gasteiger partial charge >= 0.3 is 11.9 Å². The summed E-state index contributed by atoms with van der Waals surface area (Å²) in [4.78, 5) is 58.7. The van der Waals surface area contributed by atoms with Gasteiger partial charge in [0.2, 0.25) is 17.7 Å². The number of hydrogen-bond donors (Lipinski definition) is 8. The maximum atomic E-state index is 12.4. The van der Waals surface area contributed by atoms with E-state index in [1.807, 2.05) is 0 Å². The van der Waals surface area contributed by atoms with Crippen LogP contribution in [0.4, 0.5) is 0 Å². The Labute approximate surface area is 173 Å². The third kappa shape index (κ3) is 10.1. The van der Waals surface area contributed by atoms with Crippen LogP contribution in [0.2, 0.25) is 0 Å². The second kappa shape index (κ2) is 13.5. The summed E-state index contributed by atoms with van der Waals surface area (Å²) < 4.78 is 0. The molecule has 0 rings (SSSR count). The van der Waals surface area contributed by atoms with Crippen molar-refractivity contribution in [3.8, 4) is 0 Å². The van der Waals surface area contributed by atoms with Gasteiger partial charge in [0.1, 0.15) is 12.1 Å². The number of carboxylic acids is 2. The molecule has 0 radical (unpaired) electrons. The van der Waals surface area contributed by atoms with Crippen molar-refractivity contribution >= 4 is 29.7 Å². The number of nitrogens with two attached hydrogens (primary N) is 2. The summed E-state index contributed by atoms with van der Waals surface area (Å²) in [5, 5.41) is 33.9. The van der Waals surface area contributed by atoms with Crippen molar-refractivity contribution in [2.24, 2.45) is 11.5 Å². The van der Waals surface area contributed by atoms with E-state index < -0.39 is 66.4 Å². The Morgan fingerprint density at radius 3 is 1.97 bits per heavy atom. The molecule has 0 saturated carbocycles. The lowest BCUT2D eigenvalue weighted by Crippen LogP contribution is -2.57. The summed E-state index contributed by atoms with van der Waals surface area (Å²) in [7, 11) is 0. The van der Waals surface area contributed by atoms with Crippen molar-refractivity contribution < 1.29 is 39.3 Å². The van der Waals surface area contributed by atoms with Gasteiger partial charge in [0.25, 0.3) is 0 Å². The number of amides is 3. The molecule has 0 fully saturated rings. The second-order valence-electron chi connectivity index (χ2n) is 6.85. The third-order valence-corrected chi connectivity index (χ3v) is 4.12. The van der Waals surface area contributed by atoms with E-state index in [0.29, 0.717) is 25.8 Å². The van der Waals surface area contributed by atoms with E-state index in [-0.39, 0.29) is 0 Å². The van der Waals surface area contributed by atoms with Gasteiger partial charge in [-0.05, 0) is 33.2 Å². The fourth-order valence-corrected chi connectivity index (χ4v) is 2.35. The lowest BCUT2D eigenvalue weighted by Gasteiger charge is -2.23. The Morgan fingerprint density at radius 2 is 1.50 bits per heavy atom. The first-order valence-electron chi connectivity index (χ1n) is 9.40. The number of unbranched alkanes of at least 4 members (excludes halogenated alkanes) is 1. The lowest BCUT2D eigenvalue weighted by atomic mass is 10.1. The molecular formula is C17H31N5O8. The number of aliphatic hydroxyl groups is 1. The quantitative estimate of drug-likeness (QED) is 0.128. The molecule has 5 atom stereocenters. The number of carbonyl (C=O) groups is 5. The van der Waals surface area contributed by atoms with E-state index in [4.69, 9.17) is 21.7 Å².